The molecule has 2 aromatic carbocycles. The first-order valence-corrected chi connectivity index (χ1v) is 5.73. The van der Waals surface area contributed by atoms with Crippen molar-refractivity contribution < 1.29 is 26.5 Å². The van der Waals surface area contributed by atoms with Gasteiger partial charge in [-0.1, -0.05) is 12.1 Å². The van der Waals surface area contributed by atoms with Crippen LogP contribution in [0.15, 0.2) is 42.5 Å². The van der Waals surface area contributed by atoms with E-state index in [-0.39, 0.29) is 17.9 Å². The second-order valence-electron chi connectivity index (χ2n) is 4.17. The lowest BCUT2D eigenvalue weighted by Gasteiger charge is -2.15. The highest BCUT2D eigenvalue weighted by atomic mass is 19.4. The number of halogens is 5. The Morgan fingerprint density at radius 3 is 2.10 bits per heavy atom. The minimum absolute atomic E-state index is 0.121. The third-order valence-electron chi connectivity index (χ3n) is 2.67. The van der Waals surface area contributed by atoms with Gasteiger partial charge in [-0.25, -0.2) is 8.78 Å². The molecule has 0 saturated carbocycles. The van der Waals surface area contributed by atoms with Gasteiger partial charge in [-0.2, -0.15) is 0 Å². The molecule has 0 fully saturated rings. The summed E-state index contributed by atoms with van der Waals surface area (Å²) in [5.74, 6) is -1.29. The van der Waals surface area contributed by atoms with Crippen molar-refractivity contribution >= 4 is 12.4 Å². The first-order chi connectivity index (χ1) is 9.36. The molecule has 0 heterocycles. The lowest BCUT2D eigenvalue weighted by molar-refractivity contribution is 0.299. The lowest BCUT2D eigenvalue weighted by Crippen LogP contribution is -2.33. The predicted molar refractivity (Wildman–Crippen MR) is 65.8 cm³/mol. The third-order valence-corrected chi connectivity index (χ3v) is 2.67. The Balaban J connectivity index is 2.04. The molecule has 20 heavy (non-hydrogen) atoms. The molecule has 7 heteroatoms. The van der Waals surface area contributed by atoms with Crippen molar-refractivity contribution in [1.82, 2.24) is 0 Å². The Morgan fingerprint density at radius 1 is 0.900 bits per heavy atom. The smallest absolute Gasteiger partial charge is 0.489 e. The summed E-state index contributed by atoms with van der Waals surface area (Å²) in [6, 6.07) is 7.13. The van der Waals surface area contributed by atoms with Crippen LogP contribution in [-0.2, 0) is 6.61 Å². The molecule has 0 bridgehead atoms. The molecule has 0 aliphatic carbocycles. The molecule has 0 spiro atoms. The summed E-state index contributed by atoms with van der Waals surface area (Å²) >= 11 is 0. The van der Waals surface area contributed by atoms with Crippen LogP contribution >= 0.6 is 0 Å². The zero-order valence-electron chi connectivity index (χ0n) is 10.1. The summed E-state index contributed by atoms with van der Waals surface area (Å²) in [5, 5.41) is 0. The van der Waals surface area contributed by atoms with E-state index < -0.39 is 24.1 Å². The summed E-state index contributed by atoms with van der Waals surface area (Å²) < 4.78 is 68.3. The van der Waals surface area contributed by atoms with Crippen molar-refractivity contribution in [3.8, 4) is 5.75 Å². The van der Waals surface area contributed by atoms with Crippen LogP contribution in [0.2, 0.25) is 0 Å². The van der Waals surface area contributed by atoms with Gasteiger partial charge in [0.25, 0.3) is 0 Å². The number of rotatable bonds is 4. The molecule has 0 aromatic heterocycles. The molecule has 0 amide bonds. The minimum Gasteiger partial charge on any atom is -0.489 e. The largest absolute Gasteiger partial charge is 0.509 e. The van der Waals surface area contributed by atoms with Crippen molar-refractivity contribution in [2.24, 2.45) is 0 Å². The highest BCUT2D eigenvalue weighted by molar-refractivity contribution is 6.73. The van der Waals surface area contributed by atoms with Gasteiger partial charge in [0, 0.05) is 11.6 Å². The Morgan fingerprint density at radius 2 is 1.55 bits per heavy atom. The van der Waals surface area contributed by atoms with Crippen molar-refractivity contribution in [2.75, 3.05) is 0 Å². The van der Waals surface area contributed by atoms with Gasteiger partial charge >= 0.3 is 6.98 Å². The molecule has 0 N–H and O–H groups in total. The zero-order valence-corrected chi connectivity index (χ0v) is 10.1. The van der Waals surface area contributed by atoms with Gasteiger partial charge in [0.1, 0.15) is 24.0 Å². The Labute approximate surface area is 112 Å². The molecule has 0 aliphatic rings. The highest BCUT2D eigenvalue weighted by Gasteiger charge is 2.24. The third kappa shape index (κ3) is 3.49. The van der Waals surface area contributed by atoms with Gasteiger partial charge in [0.2, 0.25) is 0 Å². The molecule has 2 rings (SSSR count). The molecule has 1 nitrogen and oxygen atoms in total. The van der Waals surface area contributed by atoms with Crippen LogP contribution < -0.4 is 10.2 Å². The van der Waals surface area contributed by atoms with Crippen LogP contribution in [0, 0.1) is 11.6 Å². The molecule has 2 aromatic rings. The maximum Gasteiger partial charge on any atom is 0.509 e. The van der Waals surface area contributed by atoms with Crippen molar-refractivity contribution in [3.05, 3.63) is 59.7 Å². The summed E-state index contributed by atoms with van der Waals surface area (Å²) in [6.45, 7) is -5.24. The fraction of sp³-hybridized carbons (Fsp3) is 0.0769. The molecule has 0 atom stereocenters. The van der Waals surface area contributed by atoms with E-state index in [9.17, 15) is 21.7 Å². The van der Waals surface area contributed by atoms with Crippen LogP contribution in [0.25, 0.3) is 0 Å². The highest BCUT2D eigenvalue weighted by Crippen LogP contribution is 2.16. The molecule has 0 unspecified atom stereocenters. The Bertz CT molecular complexity index is 595. The van der Waals surface area contributed by atoms with Crippen LogP contribution in [0.1, 0.15) is 5.56 Å². The Hall–Kier alpha value is -2.05. The van der Waals surface area contributed by atoms with Crippen molar-refractivity contribution in [1.29, 1.82) is 0 Å². The van der Waals surface area contributed by atoms with E-state index in [2.05, 4.69) is 0 Å². The topological polar surface area (TPSA) is 9.23 Å². The standard InChI is InChI=1S/C13H9BF5O/c15-11-4-1-9(13(16)7-11)8-20-12-5-2-10(3-6-12)14(17,18)19/h1-7H,8H2/q-1. The molecular weight excluding hydrogens is 278 g/mol. The van der Waals surface area contributed by atoms with Crippen LogP contribution in [0.4, 0.5) is 21.7 Å². The van der Waals surface area contributed by atoms with Gasteiger partial charge in [0.15, 0.2) is 0 Å². The first kappa shape index (κ1) is 14.4. The van der Waals surface area contributed by atoms with Crippen molar-refractivity contribution in [2.45, 2.75) is 6.61 Å². The average molecular weight is 287 g/mol. The Kier molecular flexibility index (Phi) is 3.97. The molecule has 0 radical (unpaired) electrons. The number of ether oxygens (including phenoxy) is 1. The van der Waals surface area contributed by atoms with Gasteiger partial charge < -0.3 is 17.7 Å². The second kappa shape index (κ2) is 5.52. The van der Waals surface area contributed by atoms with E-state index in [4.69, 9.17) is 4.74 Å². The van der Waals surface area contributed by atoms with Gasteiger partial charge in [-0.3, -0.25) is 0 Å². The summed E-state index contributed by atoms with van der Waals surface area (Å²) in [4.78, 5) is 0. The zero-order chi connectivity index (χ0) is 14.8. The van der Waals surface area contributed by atoms with E-state index in [0.717, 1.165) is 30.3 Å². The molecule has 0 aliphatic heterocycles. The van der Waals surface area contributed by atoms with Crippen LogP contribution in [0.3, 0.4) is 0 Å². The fourth-order valence-electron chi connectivity index (χ4n) is 1.58. The quantitative estimate of drug-likeness (QED) is 0.616. The number of hydrogen-bond acceptors (Lipinski definition) is 1. The van der Waals surface area contributed by atoms with E-state index in [1.54, 1.807) is 0 Å². The SMILES string of the molecule is Fc1ccc(COc2ccc([B-](F)(F)F)cc2)c(F)c1. The summed E-state index contributed by atoms with van der Waals surface area (Å²) in [6.07, 6.45) is 0. The maximum absolute atomic E-state index is 13.3. The van der Waals surface area contributed by atoms with Crippen LogP contribution in [-0.4, -0.2) is 6.98 Å². The van der Waals surface area contributed by atoms with Gasteiger partial charge in [-0.15, -0.1) is 5.46 Å². The van der Waals surface area contributed by atoms with E-state index in [1.807, 2.05) is 0 Å². The summed E-state index contributed by atoms with van der Waals surface area (Å²) in [7, 11) is 0. The minimum atomic E-state index is -5.05. The predicted octanol–water partition coefficient (Wildman–Crippen LogP) is 3.60. The van der Waals surface area contributed by atoms with Crippen LogP contribution in [0.5, 0.6) is 5.75 Å². The van der Waals surface area contributed by atoms with E-state index in [0.29, 0.717) is 6.07 Å². The maximum atomic E-state index is 13.3. The molecule has 0 saturated heterocycles. The van der Waals surface area contributed by atoms with Crippen molar-refractivity contribution in [3.63, 3.8) is 0 Å². The first-order valence-electron chi connectivity index (χ1n) is 5.73. The average Bonchev–Trinajstić information content (AvgIpc) is 2.37. The molecule has 106 valence electrons. The fourth-order valence-corrected chi connectivity index (χ4v) is 1.58. The number of hydrogen-bond donors (Lipinski definition) is 0. The lowest BCUT2D eigenvalue weighted by atomic mass is 9.80. The normalized spacial score (nSPS) is 11.4. The molecular formula is C13H9BF5O-. The number of benzene rings is 2. The monoisotopic (exact) mass is 287 g/mol. The van der Waals surface area contributed by atoms with E-state index in [1.165, 1.54) is 6.07 Å². The summed E-state index contributed by atoms with van der Waals surface area (Å²) in [5.41, 5.74) is -0.610. The van der Waals surface area contributed by atoms with Gasteiger partial charge in [-0.05, 0) is 24.3 Å². The second-order valence-corrected chi connectivity index (χ2v) is 4.17. The van der Waals surface area contributed by atoms with Gasteiger partial charge in [0.05, 0.1) is 0 Å². The van der Waals surface area contributed by atoms with E-state index >= 15 is 0 Å².